The van der Waals surface area contributed by atoms with E-state index in [2.05, 4.69) is 11.0 Å². The molecule has 20 heavy (non-hydrogen) atoms. The van der Waals surface area contributed by atoms with Crippen molar-refractivity contribution in [3.8, 4) is 0 Å². The van der Waals surface area contributed by atoms with Crippen LogP contribution in [0.4, 0.5) is 0 Å². The van der Waals surface area contributed by atoms with E-state index in [1.807, 2.05) is 36.0 Å². The van der Waals surface area contributed by atoms with Gasteiger partial charge in [-0.2, -0.15) is 0 Å². The molecule has 0 radical (unpaired) electrons. The normalized spacial score (nSPS) is 16.6. The van der Waals surface area contributed by atoms with Crippen molar-refractivity contribution in [3.63, 3.8) is 0 Å². The molecule has 2 heterocycles. The number of ketones is 1. The van der Waals surface area contributed by atoms with Crippen molar-refractivity contribution in [3.05, 3.63) is 36.0 Å². The van der Waals surface area contributed by atoms with Gasteiger partial charge in [0, 0.05) is 42.7 Å². The fraction of sp³-hybridized carbons (Fsp3) is 0.471. The number of likely N-dealkylation sites (tertiary alicyclic amines) is 1. The predicted octanol–water partition coefficient (Wildman–Crippen LogP) is 3.24. The first-order valence-electron chi connectivity index (χ1n) is 7.55. The molecular formula is C17H22N2O. The Bertz CT molecular complexity index is 608. The summed E-state index contributed by atoms with van der Waals surface area (Å²) in [4.78, 5) is 14.9. The van der Waals surface area contributed by atoms with Crippen molar-refractivity contribution < 1.29 is 4.79 Å². The smallest absolute Gasteiger partial charge is 0.166 e. The number of hydrogen-bond donors (Lipinski definition) is 0. The van der Waals surface area contributed by atoms with Gasteiger partial charge in [0.05, 0.1) is 0 Å². The van der Waals surface area contributed by atoms with Crippen molar-refractivity contribution >= 4 is 16.7 Å². The van der Waals surface area contributed by atoms with Crippen LogP contribution in [-0.2, 0) is 7.05 Å². The number of aromatic nitrogens is 1. The second kappa shape index (κ2) is 5.80. The van der Waals surface area contributed by atoms with Crippen molar-refractivity contribution in [1.82, 2.24) is 9.47 Å². The van der Waals surface area contributed by atoms with Crippen molar-refractivity contribution in [2.45, 2.75) is 25.7 Å². The first-order chi connectivity index (χ1) is 9.75. The molecule has 0 amide bonds. The molecule has 0 bridgehead atoms. The molecule has 1 aromatic carbocycles. The van der Waals surface area contributed by atoms with E-state index in [4.69, 9.17) is 0 Å². The minimum atomic E-state index is 0.271. The highest BCUT2D eigenvalue weighted by Gasteiger charge is 2.16. The number of Topliss-reactive ketones (excluding diaryl/α,β-unsaturated/α-hetero) is 1. The van der Waals surface area contributed by atoms with Crippen LogP contribution in [0.15, 0.2) is 30.5 Å². The van der Waals surface area contributed by atoms with Gasteiger partial charge in [-0.05, 0) is 32.0 Å². The van der Waals surface area contributed by atoms with Gasteiger partial charge in [-0.3, -0.25) is 4.79 Å². The third-order valence-electron chi connectivity index (χ3n) is 4.30. The number of piperidine rings is 1. The molecule has 0 spiro atoms. The molecule has 1 aliphatic rings. The average molecular weight is 270 g/mol. The molecule has 1 aromatic heterocycles. The molecule has 3 nitrogen and oxygen atoms in total. The van der Waals surface area contributed by atoms with E-state index in [9.17, 15) is 4.79 Å². The Morgan fingerprint density at radius 3 is 2.70 bits per heavy atom. The molecule has 3 rings (SSSR count). The van der Waals surface area contributed by atoms with Gasteiger partial charge in [-0.1, -0.05) is 24.6 Å². The largest absolute Gasteiger partial charge is 0.350 e. The highest BCUT2D eigenvalue weighted by atomic mass is 16.1. The van der Waals surface area contributed by atoms with Gasteiger partial charge in [0.15, 0.2) is 5.78 Å². The summed E-state index contributed by atoms with van der Waals surface area (Å²) in [5.41, 5.74) is 2.01. The van der Waals surface area contributed by atoms with Crippen LogP contribution in [0.1, 0.15) is 36.0 Å². The Labute approximate surface area is 120 Å². The summed E-state index contributed by atoms with van der Waals surface area (Å²) in [6.07, 6.45) is 6.51. The maximum Gasteiger partial charge on any atom is 0.166 e. The number of carbonyl (C=O) groups is 1. The van der Waals surface area contributed by atoms with E-state index in [1.54, 1.807) is 0 Å². The second-order valence-electron chi connectivity index (χ2n) is 5.75. The van der Waals surface area contributed by atoms with Crippen molar-refractivity contribution in [2.75, 3.05) is 19.6 Å². The first-order valence-corrected chi connectivity index (χ1v) is 7.55. The van der Waals surface area contributed by atoms with Gasteiger partial charge in [0.25, 0.3) is 0 Å². The van der Waals surface area contributed by atoms with E-state index >= 15 is 0 Å². The minimum Gasteiger partial charge on any atom is -0.350 e. The van der Waals surface area contributed by atoms with E-state index in [0.717, 1.165) is 36.1 Å². The molecule has 0 unspecified atom stereocenters. The maximum atomic E-state index is 12.5. The lowest BCUT2D eigenvalue weighted by Crippen LogP contribution is -2.31. The minimum absolute atomic E-state index is 0.271. The van der Waals surface area contributed by atoms with Crippen LogP contribution < -0.4 is 0 Å². The predicted molar refractivity (Wildman–Crippen MR) is 82.2 cm³/mol. The van der Waals surface area contributed by atoms with Crippen molar-refractivity contribution in [1.29, 1.82) is 0 Å². The zero-order chi connectivity index (χ0) is 13.9. The molecule has 0 aliphatic carbocycles. The number of rotatable bonds is 4. The number of nitrogens with zero attached hydrogens (tertiary/aromatic N) is 2. The Balaban J connectivity index is 1.72. The van der Waals surface area contributed by atoms with Crippen LogP contribution >= 0.6 is 0 Å². The van der Waals surface area contributed by atoms with Gasteiger partial charge in [0.1, 0.15) is 0 Å². The monoisotopic (exact) mass is 270 g/mol. The standard InChI is InChI=1S/C17H22N2O/c1-18-13-15(14-7-3-4-8-16(14)18)17(20)9-12-19-10-5-2-6-11-19/h3-4,7-8,13H,2,5-6,9-12H2,1H3. The zero-order valence-electron chi connectivity index (χ0n) is 12.1. The quantitative estimate of drug-likeness (QED) is 0.797. The summed E-state index contributed by atoms with van der Waals surface area (Å²) in [5.74, 6) is 0.271. The van der Waals surface area contributed by atoms with Gasteiger partial charge in [-0.25, -0.2) is 0 Å². The third kappa shape index (κ3) is 2.63. The highest BCUT2D eigenvalue weighted by molar-refractivity contribution is 6.08. The zero-order valence-corrected chi connectivity index (χ0v) is 12.1. The number of para-hydroxylation sites is 1. The lowest BCUT2D eigenvalue weighted by atomic mass is 10.1. The van der Waals surface area contributed by atoms with Crippen LogP contribution in [0.5, 0.6) is 0 Å². The highest BCUT2D eigenvalue weighted by Crippen LogP contribution is 2.21. The number of hydrogen-bond acceptors (Lipinski definition) is 2. The SMILES string of the molecule is Cn1cc(C(=O)CCN2CCCCC2)c2ccccc21. The Kier molecular flexibility index (Phi) is 3.88. The first kappa shape index (κ1) is 13.4. The summed E-state index contributed by atoms with van der Waals surface area (Å²) >= 11 is 0. The van der Waals surface area contributed by atoms with Gasteiger partial charge >= 0.3 is 0 Å². The molecule has 0 saturated carbocycles. The van der Waals surface area contributed by atoms with Gasteiger partial charge < -0.3 is 9.47 Å². The van der Waals surface area contributed by atoms with Crippen LogP contribution in [0.3, 0.4) is 0 Å². The molecule has 2 aromatic rings. The molecule has 1 saturated heterocycles. The average Bonchev–Trinajstić information content (AvgIpc) is 2.84. The Hall–Kier alpha value is -1.61. The molecule has 3 heteroatoms. The third-order valence-corrected chi connectivity index (χ3v) is 4.30. The lowest BCUT2D eigenvalue weighted by molar-refractivity contribution is 0.0960. The summed E-state index contributed by atoms with van der Waals surface area (Å²) in [6.45, 7) is 3.22. The maximum absolute atomic E-state index is 12.5. The summed E-state index contributed by atoms with van der Waals surface area (Å²) in [6, 6.07) is 8.13. The molecule has 106 valence electrons. The van der Waals surface area contributed by atoms with E-state index in [-0.39, 0.29) is 5.78 Å². The summed E-state index contributed by atoms with van der Waals surface area (Å²) in [5, 5.41) is 1.08. The van der Waals surface area contributed by atoms with Gasteiger partial charge in [0.2, 0.25) is 0 Å². The van der Waals surface area contributed by atoms with Gasteiger partial charge in [-0.15, -0.1) is 0 Å². The van der Waals surface area contributed by atoms with Crippen LogP contribution in [-0.4, -0.2) is 34.9 Å². The second-order valence-corrected chi connectivity index (χ2v) is 5.75. The van der Waals surface area contributed by atoms with E-state index in [1.165, 1.54) is 19.3 Å². The van der Waals surface area contributed by atoms with Crippen LogP contribution in [0.2, 0.25) is 0 Å². The van der Waals surface area contributed by atoms with E-state index in [0.29, 0.717) is 6.42 Å². The van der Waals surface area contributed by atoms with Crippen molar-refractivity contribution in [2.24, 2.45) is 7.05 Å². The number of aryl methyl sites for hydroxylation is 1. The number of benzene rings is 1. The summed E-state index contributed by atoms with van der Waals surface area (Å²) in [7, 11) is 2.00. The molecule has 1 fully saturated rings. The Morgan fingerprint density at radius 2 is 1.90 bits per heavy atom. The summed E-state index contributed by atoms with van der Waals surface area (Å²) < 4.78 is 2.05. The number of fused-ring (bicyclic) bond motifs is 1. The van der Waals surface area contributed by atoms with Crippen LogP contribution in [0.25, 0.3) is 10.9 Å². The lowest BCUT2D eigenvalue weighted by Gasteiger charge is -2.25. The molecule has 1 aliphatic heterocycles. The molecule has 0 atom stereocenters. The Morgan fingerprint density at radius 1 is 1.15 bits per heavy atom. The fourth-order valence-corrected chi connectivity index (χ4v) is 3.14. The molecular weight excluding hydrogens is 248 g/mol. The van der Waals surface area contributed by atoms with Crippen LogP contribution in [0, 0.1) is 0 Å². The topological polar surface area (TPSA) is 25.2 Å². The number of carbonyl (C=O) groups excluding carboxylic acids is 1. The van der Waals surface area contributed by atoms with E-state index < -0.39 is 0 Å². The fourth-order valence-electron chi connectivity index (χ4n) is 3.14. The molecule has 0 N–H and O–H groups in total.